The molecule has 1 fully saturated rings. The minimum atomic E-state index is -1.07. The first-order valence-corrected chi connectivity index (χ1v) is 13.9. The fraction of sp³-hybridized carbons (Fsp3) is 0.323. The highest BCUT2D eigenvalue weighted by atomic mass is 35.5. The molecule has 0 atom stereocenters. The van der Waals surface area contributed by atoms with Crippen LogP contribution in [-0.2, 0) is 20.8 Å². The Hall–Kier alpha value is -4.08. The Morgan fingerprint density at radius 1 is 0.951 bits per heavy atom. The highest BCUT2D eigenvalue weighted by Crippen LogP contribution is 2.37. The second-order valence-corrected chi connectivity index (χ2v) is 10.2. The number of carbonyl (C=O) groups is 3. The van der Waals surface area contributed by atoms with E-state index in [-0.39, 0.29) is 31.3 Å². The van der Waals surface area contributed by atoms with Gasteiger partial charge in [0, 0.05) is 19.2 Å². The molecule has 0 aliphatic carbocycles. The Morgan fingerprint density at radius 2 is 1.68 bits per heavy atom. The van der Waals surface area contributed by atoms with Crippen molar-refractivity contribution in [3.8, 4) is 11.5 Å². The molecule has 0 saturated carbocycles. The molecule has 0 radical (unpaired) electrons. The fourth-order valence-corrected chi connectivity index (χ4v) is 5.26. The number of fused-ring (bicyclic) bond motifs is 1. The van der Waals surface area contributed by atoms with Crippen molar-refractivity contribution in [1.82, 2.24) is 21.3 Å². The monoisotopic (exact) mass is 578 g/mol. The van der Waals surface area contributed by atoms with Crippen LogP contribution in [0, 0.1) is 0 Å². The molecule has 4 rings (SSSR count). The minimum absolute atomic E-state index is 0.126. The summed E-state index contributed by atoms with van der Waals surface area (Å²) in [7, 11) is 3.00. The molecule has 3 aromatic rings. The van der Waals surface area contributed by atoms with Gasteiger partial charge < -0.3 is 30.7 Å². The molecule has 0 unspecified atom stereocenters. The van der Waals surface area contributed by atoms with Gasteiger partial charge in [-0.25, -0.2) is 0 Å². The summed E-state index contributed by atoms with van der Waals surface area (Å²) in [4.78, 5) is 38.8. The van der Waals surface area contributed by atoms with E-state index < -0.39 is 11.4 Å². The second kappa shape index (κ2) is 14.0. The van der Waals surface area contributed by atoms with Crippen LogP contribution in [0.5, 0.6) is 11.5 Å². The Kier molecular flexibility index (Phi) is 10.2. The van der Waals surface area contributed by atoms with Crippen LogP contribution in [0.25, 0.3) is 16.8 Å². The van der Waals surface area contributed by atoms with Crippen LogP contribution in [0.1, 0.15) is 24.0 Å². The summed E-state index contributed by atoms with van der Waals surface area (Å²) < 4.78 is 10.6. The zero-order valence-corrected chi connectivity index (χ0v) is 24.0. The zero-order valence-electron chi connectivity index (χ0n) is 23.2. The lowest BCUT2D eigenvalue weighted by molar-refractivity contribution is -0.133. The van der Waals surface area contributed by atoms with Crippen LogP contribution < -0.4 is 30.7 Å². The van der Waals surface area contributed by atoms with E-state index in [0.29, 0.717) is 48.0 Å². The molecule has 216 valence electrons. The van der Waals surface area contributed by atoms with Gasteiger partial charge in [-0.05, 0) is 66.0 Å². The molecule has 0 spiro atoms. The number of carbonyl (C=O) groups excluding carboxylic acids is 3. The summed E-state index contributed by atoms with van der Waals surface area (Å²) in [6.45, 7) is 1.68. The standard InChI is InChI=1S/C31H35ClN4O5/c1-40-25-12-10-22(28(32)29(25)41-2)11-13-26(37)36-31(14-16-33-17-15-31)30(39)35-19-18-34-27(38)20-23-8-5-7-21-6-3-4-9-24(21)23/h3-13,33H,14-20H2,1-2H3,(H,34,38)(H,35,39)(H,36,37)/b13-11+. The minimum Gasteiger partial charge on any atom is -0.493 e. The summed E-state index contributed by atoms with van der Waals surface area (Å²) in [6.07, 6.45) is 4.03. The average Bonchev–Trinajstić information content (AvgIpc) is 2.99. The largest absolute Gasteiger partial charge is 0.493 e. The summed E-state index contributed by atoms with van der Waals surface area (Å²) in [5, 5.41) is 14.3. The SMILES string of the molecule is COc1ccc(/C=C/C(=O)NC2(C(=O)NCCNC(=O)Cc3cccc4ccccc34)CCNCC2)c(Cl)c1OC. The van der Waals surface area contributed by atoms with E-state index in [9.17, 15) is 14.4 Å². The van der Waals surface area contributed by atoms with Crippen LogP contribution in [-0.4, -0.2) is 63.7 Å². The molecule has 1 heterocycles. The first-order chi connectivity index (χ1) is 19.9. The quantitative estimate of drug-likeness (QED) is 0.205. The first kappa shape index (κ1) is 29.9. The van der Waals surface area contributed by atoms with Gasteiger partial charge in [0.1, 0.15) is 5.54 Å². The van der Waals surface area contributed by atoms with E-state index >= 15 is 0 Å². The molecule has 41 heavy (non-hydrogen) atoms. The summed E-state index contributed by atoms with van der Waals surface area (Å²) in [5.74, 6) is 0.0215. The third kappa shape index (κ3) is 7.36. The highest BCUT2D eigenvalue weighted by molar-refractivity contribution is 6.34. The molecule has 1 aliphatic heterocycles. The van der Waals surface area contributed by atoms with Crippen LogP contribution in [0.4, 0.5) is 0 Å². The molecular formula is C31H35ClN4O5. The normalized spacial score (nSPS) is 14.4. The lowest BCUT2D eigenvalue weighted by Crippen LogP contribution is -2.63. The molecule has 1 saturated heterocycles. The van der Waals surface area contributed by atoms with Crippen LogP contribution in [0.2, 0.25) is 5.02 Å². The molecule has 9 nitrogen and oxygen atoms in total. The molecule has 3 aromatic carbocycles. The van der Waals surface area contributed by atoms with Gasteiger partial charge in [-0.15, -0.1) is 0 Å². The van der Waals surface area contributed by atoms with Crippen molar-refractivity contribution < 1.29 is 23.9 Å². The van der Waals surface area contributed by atoms with Gasteiger partial charge in [-0.2, -0.15) is 0 Å². The van der Waals surface area contributed by atoms with E-state index in [2.05, 4.69) is 21.3 Å². The molecule has 0 aromatic heterocycles. The van der Waals surface area contributed by atoms with Crippen molar-refractivity contribution in [3.63, 3.8) is 0 Å². The highest BCUT2D eigenvalue weighted by Gasteiger charge is 2.40. The van der Waals surface area contributed by atoms with Crippen molar-refractivity contribution in [2.45, 2.75) is 24.8 Å². The Balaban J connectivity index is 1.32. The van der Waals surface area contributed by atoms with E-state index in [4.69, 9.17) is 21.1 Å². The lowest BCUT2D eigenvalue weighted by atomic mass is 9.87. The molecular weight excluding hydrogens is 544 g/mol. The van der Waals surface area contributed by atoms with Crippen molar-refractivity contribution in [2.24, 2.45) is 0 Å². The predicted molar refractivity (Wildman–Crippen MR) is 160 cm³/mol. The molecule has 4 N–H and O–H groups in total. The second-order valence-electron chi connectivity index (χ2n) is 9.78. The van der Waals surface area contributed by atoms with E-state index in [0.717, 1.165) is 16.3 Å². The van der Waals surface area contributed by atoms with Crippen molar-refractivity contribution in [2.75, 3.05) is 40.4 Å². The summed E-state index contributed by atoms with van der Waals surface area (Å²) in [6, 6.07) is 17.3. The van der Waals surface area contributed by atoms with Crippen molar-refractivity contribution >= 4 is 46.2 Å². The summed E-state index contributed by atoms with van der Waals surface area (Å²) in [5.41, 5.74) is 0.451. The number of ether oxygens (including phenoxy) is 2. The van der Waals surface area contributed by atoms with Crippen molar-refractivity contribution in [1.29, 1.82) is 0 Å². The topological polar surface area (TPSA) is 118 Å². The zero-order chi connectivity index (χ0) is 29.2. The Morgan fingerprint density at radius 3 is 2.44 bits per heavy atom. The molecule has 10 heteroatoms. The smallest absolute Gasteiger partial charge is 0.245 e. The van der Waals surface area contributed by atoms with E-state index in [1.54, 1.807) is 18.2 Å². The van der Waals surface area contributed by atoms with E-state index in [1.807, 2.05) is 42.5 Å². The maximum absolute atomic E-state index is 13.3. The Labute approximate surface area is 244 Å². The molecule has 0 bridgehead atoms. The van der Waals surface area contributed by atoms with Gasteiger partial charge in [0.05, 0.1) is 25.7 Å². The van der Waals surface area contributed by atoms with Gasteiger partial charge >= 0.3 is 0 Å². The van der Waals surface area contributed by atoms with Crippen molar-refractivity contribution in [3.05, 3.63) is 76.8 Å². The number of benzene rings is 3. The Bertz CT molecular complexity index is 1430. The van der Waals surface area contributed by atoms with E-state index in [1.165, 1.54) is 20.3 Å². The number of hydrogen-bond acceptors (Lipinski definition) is 6. The average molecular weight is 579 g/mol. The number of piperidine rings is 1. The van der Waals surface area contributed by atoms with Gasteiger partial charge in [0.15, 0.2) is 11.5 Å². The number of methoxy groups -OCH3 is 2. The van der Waals surface area contributed by atoms with Crippen LogP contribution in [0.3, 0.4) is 0 Å². The lowest BCUT2D eigenvalue weighted by Gasteiger charge is -2.36. The van der Waals surface area contributed by atoms with Gasteiger partial charge in [-0.3, -0.25) is 14.4 Å². The number of halogens is 1. The van der Waals surface area contributed by atoms with Gasteiger partial charge in [0.25, 0.3) is 0 Å². The molecule has 3 amide bonds. The predicted octanol–water partition coefficient (Wildman–Crippen LogP) is 3.24. The third-order valence-electron chi connectivity index (χ3n) is 7.15. The number of nitrogens with one attached hydrogen (secondary N) is 4. The first-order valence-electron chi connectivity index (χ1n) is 13.5. The summed E-state index contributed by atoms with van der Waals surface area (Å²) >= 11 is 6.42. The maximum atomic E-state index is 13.3. The van der Waals surface area contributed by atoms with Crippen LogP contribution >= 0.6 is 11.6 Å². The third-order valence-corrected chi connectivity index (χ3v) is 7.54. The maximum Gasteiger partial charge on any atom is 0.245 e. The number of hydrogen-bond donors (Lipinski definition) is 4. The van der Waals surface area contributed by atoms with Gasteiger partial charge in [0.2, 0.25) is 17.7 Å². The molecule has 1 aliphatic rings. The number of amides is 3. The fourth-order valence-electron chi connectivity index (χ4n) is 4.97. The van der Waals surface area contributed by atoms with Crippen LogP contribution in [0.15, 0.2) is 60.7 Å². The number of rotatable bonds is 11. The van der Waals surface area contributed by atoms with Gasteiger partial charge in [-0.1, -0.05) is 54.1 Å².